The molecule has 1 unspecified atom stereocenters. The lowest BCUT2D eigenvalue weighted by Gasteiger charge is -2.36. The first-order chi connectivity index (χ1) is 16.0. The van der Waals surface area contributed by atoms with Crippen LogP contribution in [-0.4, -0.2) is 30.8 Å². The molecule has 0 amide bonds. The highest BCUT2D eigenvalue weighted by Gasteiger charge is 2.22. The number of aryl methyl sites for hydroxylation is 1. The first-order valence-electron chi connectivity index (χ1n) is 12.8. The molecule has 1 atom stereocenters. The topological polar surface area (TPSA) is 47.5 Å². The van der Waals surface area contributed by atoms with Crippen molar-refractivity contribution in [2.24, 2.45) is 0 Å². The van der Waals surface area contributed by atoms with Crippen molar-refractivity contribution in [2.75, 3.05) is 35.2 Å². The molecule has 0 heterocycles. The molecule has 0 aromatic heterocycles. The van der Waals surface area contributed by atoms with E-state index >= 15 is 0 Å². The van der Waals surface area contributed by atoms with Crippen molar-refractivity contribution in [3.8, 4) is 11.1 Å². The zero-order chi connectivity index (χ0) is 23.8. The van der Waals surface area contributed by atoms with Crippen LogP contribution < -0.4 is 15.5 Å². The highest BCUT2D eigenvalue weighted by atomic mass is 16.3. The van der Waals surface area contributed by atoms with Crippen LogP contribution in [0.2, 0.25) is 0 Å². The lowest BCUT2D eigenvalue weighted by Crippen LogP contribution is -2.37. The molecular formula is C29H43N3O. The van der Waals surface area contributed by atoms with E-state index in [1.807, 2.05) is 0 Å². The van der Waals surface area contributed by atoms with Crippen LogP contribution in [0.15, 0.2) is 43.1 Å². The predicted molar refractivity (Wildman–Crippen MR) is 145 cm³/mol. The zero-order valence-corrected chi connectivity index (χ0v) is 21.1. The van der Waals surface area contributed by atoms with Crippen LogP contribution in [0, 0.1) is 6.92 Å². The molecule has 33 heavy (non-hydrogen) atoms. The largest absolute Gasteiger partial charge is 0.395 e. The third-order valence-electron chi connectivity index (χ3n) is 7.16. The number of hydrogen-bond donors (Lipinski definition) is 3. The molecule has 1 aliphatic carbocycles. The SMILES string of the molecule is C=CNc1cc(NCCO)cc(-c2ccc(N(CC)C3CCCCC3)c(C)c2)c1C(C)CC. The van der Waals surface area contributed by atoms with Crippen molar-refractivity contribution in [1.29, 1.82) is 0 Å². The highest BCUT2D eigenvalue weighted by Crippen LogP contribution is 2.41. The van der Waals surface area contributed by atoms with Crippen LogP contribution in [0.3, 0.4) is 0 Å². The third kappa shape index (κ3) is 5.92. The van der Waals surface area contributed by atoms with E-state index in [1.54, 1.807) is 6.20 Å². The predicted octanol–water partition coefficient (Wildman–Crippen LogP) is 7.29. The lowest BCUT2D eigenvalue weighted by molar-refractivity contribution is 0.311. The molecule has 1 fully saturated rings. The monoisotopic (exact) mass is 449 g/mol. The highest BCUT2D eigenvalue weighted by molar-refractivity contribution is 5.81. The van der Waals surface area contributed by atoms with Gasteiger partial charge in [0, 0.05) is 36.2 Å². The maximum Gasteiger partial charge on any atom is 0.0604 e. The third-order valence-corrected chi connectivity index (χ3v) is 7.16. The van der Waals surface area contributed by atoms with Crippen molar-refractivity contribution in [1.82, 2.24) is 0 Å². The molecule has 1 saturated carbocycles. The van der Waals surface area contributed by atoms with E-state index in [-0.39, 0.29) is 6.61 Å². The second kappa shape index (κ2) is 12.1. The van der Waals surface area contributed by atoms with E-state index in [1.165, 1.54) is 60.0 Å². The van der Waals surface area contributed by atoms with Gasteiger partial charge in [0.05, 0.1) is 6.61 Å². The number of aliphatic hydroxyl groups is 1. The van der Waals surface area contributed by atoms with Gasteiger partial charge in [-0.3, -0.25) is 0 Å². The fourth-order valence-electron chi connectivity index (χ4n) is 5.32. The molecule has 4 heteroatoms. The van der Waals surface area contributed by atoms with Crippen molar-refractivity contribution in [3.63, 3.8) is 0 Å². The normalized spacial score (nSPS) is 15.2. The fourth-order valence-corrected chi connectivity index (χ4v) is 5.32. The summed E-state index contributed by atoms with van der Waals surface area (Å²) < 4.78 is 0. The number of benzene rings is 2. The summed E-state index contributed by atoms with van der Waals surface area (Å²) >= 11 is 0. The van der Waals surface area contributed by atoms with Gasteiger partial charge in [-0.25, -0.2) is 0 Å². The quantitative estimate of drug-likeness (QED) is 0.337. The van der Waals surface area contributed by atoms with Crippen LogP contribution in [0.25, 0.3) is 11.1 Å². The average molecular weight is 450 g/mol. The Morgan fingerprint density at radius 1 is 1.15 bits per heavy atom. The molecule has 0 bridgehead atoms. The summed E-state index contributed by atoms with van der Waals surface area (Å²) in [4.78, 5) is 2.62. The van der Waals surface area contributed by atoms with Gasteiger partial charge in [0.2, 0.25) is 0 Å². The Bertz CT molecular complexity index is 917. The number of anilines is 3. The molecule has 0 aliphatic heterocycles. The van der Waals surface area contributed by atoms with Crippen LogP contribution in [0.1, 0.15) is 76.3 Å². The van der Waals surface area contributed by atoms with E-state index in [4.69, 9.17) is 0 Å². The maximum atomic E-state index is 9.32. The van der Waals surface area contributed by atoms with E-state index in [9.17, 15) is 5.11 Å². The van der Waals surface area contributed by atoms with E-state index in [0.29, 0.717) is 18.5 Å². The van der Waals surface area contributed by atoms with E-state index < -0.39 is 0 Å². The minimum Gasteiger partial charge on any atom is -0.395 e. The fraction of sp³-hybridized carbons (Fsp3) is 0.517. The Kier molecular flexibility index (Phi) is 9.25. The number of nitrogens with one attached hydrogen (secondary N) is 2. The summed E-state index contributed by atoms with van der Waals surface area (Å²) in [5, 5.41) is 16.0. The molecular weight excluding hydrogens is 406 g/mol. The number of rotatable bonds is 11. The van der Waals surface area contributed by atoms with Gasteiger partial charge in [-0.1, -0.05) is 45.8 Å². The molecule has 0 radical (unpaired) electrons. The van der Waals surface area contributed by atoms with Gasteiger partial charge in [0.15, 0.2) is 0 Å². The number of aliphatic hydroxyl groups excluding tert-OH is 1. The van der Waals surface area contributed by atoms with Gasteiger partial charge in [-0.05, 0) is 91.7 Å². The van der Waals surface area contributed by atoms with Gasteiger partial charge in [0.25, 0.3) is 0 Å². The minimum absolute atomic E-state index is 0.106. The Labute approximate surface area is 201 Å². The Morgan fingerprint density at radius 2 is 1.91 bits per heavy atom. The van der Waals surface area contributed by atoms with Crippen LogP contribution >= 0.6 is 0 Å². The molecule has 2 aromatic rings. The summed E-state index contributed by atoms with van der Waals surface area (Å²) in [6.45, 7) is 14.6. The number of nitrogens with zero attached hydrogens (tertiary/aromatic N) is 1. The van der Waals surface area contributed by atoms with Crippen molar-refractivity contribution in [3.05, 3.63) is 54.2 Å². The summed E-state index contributed by atoms with van der Waals surface area (Å²) in [5.74, 6) is 0.406. The molecule has 0 saturated heterocycles. The van der Waals surface area contributed by atoms with Crippen LogP contribution in [-0.2, 0) is 0 Å². The van der Waals surface area contributed by atoms with Crippen molar-refractivity contribution >= 4 is 17.1 Å². The number of hydrogen-bond acceptors (Lipinski definition) is 4. The Hall–Kier alpha value is -2.46. The lowest BCUT2D eigenvalue weighted by atomic mass is 9.87. The Morgan fingerprint density at radius 3 is 2.52 bits per heavy atom. The Balaban J connectivity index is 2.07. The minimum atomic E-state index is 0.106. The summed E-state index contributed by atoms with van der Waals surface area (Å²) in [7, 11) is 0. The molecule has 1 aliphatic rings. The summed E-state index contributed by atoms with van der Waals surface area (Å²) in [6, 6.07) is 12.0. The molecule has 2 aromatic carbocycles. The van der Waals surface area contributed by atoms with E-state index in [2.05, 4.69) is 80.1 Å². The maximum absolute atomic E-state index is 9.32. The van der Waals surface area contributed by atoms with Crippen LogP contribution in [0.4, 0.5) is 17.1 Å². The molecule has 0 spiro atoms. The summed E-state index contributed by atoms with van der Waals surface area (Å²) in [6.07, 6.45) is 9.51. The van der Waals surface area contributed by atoms with Crippen molar-refractivity contribution in [2.45, 2.75) is 78.2 Å². The van der Waals surface area contributed by atoms with Crippen LogP contribution in [0.5, 0.6) is 0 Å². The molecule has 4 nitrogen and oxygen atoms in total. The van der Waals surface area contributed by atoms with Crippen molar-refractivity contribution < 1.29 is 5.11 Å². The van der Waals surface area contributed by atoms with Gasteiger partial charge in [-0.15, -0.1) is 0 Å². The van der Waals surface area contributed by atoms with Gasteiger partial charge in [-0.2, -0.15) is 0 Å². The molecule has 180 valence electrons. The van der Waals surface area contributed by atoms with Gasteiger partial charge < -0.3 is 20.6 Å². The van der Waals surface area contributed by atoms with E-state index in [0.717, 1.165) is 24.3 Å². The first kappa shape index (κ1) is 25.2. The molecule has 3 rings (SSSR count). The average Bonchev–Trinajstić information content (AvgIpc) is 2.84. The second-order valence-corrected chi connectivity index (χ2v) is 9.37. The smallest absolute Gasteiger partial charge is 0.0604 e. The van der Waals surface area contributed by atoms with Gasteiger partial charge >= 0.3 is 0 Å². The molecule has 3 N–H and O–H groups in total. The standard InChI is InChI=1S/C29H43N3O/c1-6-21(4)29-26(19-24(31-16-17-33)20-27(29)30-7-2)23-14-15-28(22(5)18-23)32(8-3)25-12-10-9-11-13-25/h7,14-15,18-21,25,30-31,33H,2,6,8-13,16-17H2,1,3-5H3. The van der Waals surface area contributed by atoms with Gasteiger partial charge in [0.1, 0.15) is 0 Å². The second-order valence-electron chi connectivity index (χ2n) is 9.37. The first-order valence-corrected chi connectivity index (χ1v) is 12.8. The zero-order valence-electron chi connectivity index (χ0n) is 21.1. The summed E-state index contributed by atoms with van der Waals surface area (Å²) in [5.41, 5.74) is 8.60.